The number of cyclic esters (lactones) is 1. The molecular formula is C47H58N2O19. The van der Waals surface area contributed by atoms with Crippen LogP contribution in [0.1, 0.15) is 108 Å². The monoisotopic (exact) mass is 954 g/mol. The van der Waals surface area contributed by atoms with Crippen molar-refractivity contribution in [3.05, 3.63) is 63.8 Å². The maximum Gasteiger partial charge on any atom is 0.340 e. The third-order valence-corrected chi connectivity index (χ3v) is 13.5. The molecule has 2 aliphatic carbocycles. The van der Waals surface area contributed by atoms with Gasteiger partial charge in [-0.25, -0.2) is 9.59 Å². The van der Waals surface area contributed by atoms with Crippen LogP contribution in [0.5, 0.6) is 0 Å². The van der Waals surface area contributed by atoms with Crippen LogP contribution in [0.4, 0.5) is 0 Å². The lowest BCUT2D eigenvalue weighted by molar-refractivity contribution is -0.386. The van der Waals surface area contributed by atoms with E-state index in [1.807, 2.05) is 0 Å². The summed E-state index contributed by atoms with van der Waals surface area (Å²) in [7, 11) is 1.35. The first-order valence-electron chi connectivity index (χ1n) is 22.2. The third kappa shape index (κ3) is 8.51. The summed E-state index contributed by atoms with van der Waals surface area (Å²) in [6, 6.07) is 5.07. The predicted molar refractivity (Wildman–Crippen MR) is 229 cm³/mol. The van der Waals surface area contributed by atoms with Gasteiger partial charge in [0.2, 0.25) is 5.56 Å². The molecule has 2 aromatic heterocycles. The quantitative estimate of drug-likeness (QED) is 0.264. The average Bonchev–Trinajstić information content (AvgIpc) is 3.48. The first-order valence-corrected chi connectivity index (χ1v) is 22.2. The van der Waals surface area contributed by atoms with Crippen LogP contribution in [0.3, 0.4) is 0 Å². The molecule has 370 valence electrons. The molecule has 4 heterocycles. The Kier molecular flexibility index (Phi) is 14.1. The van der Waals surface area contributed by atoms with Crippen LogP contribution in [0, 0.1) is 29.1 Å². The van der Waals surface area contributed by atoms with Gasteiger partial charge in [0.1, 0.15) is 42.0 Å². The highest BCUT2D eigenvalue weighted by atomic mass is 16.7. The Bertz CT molecular complexity index is 2450. The van der Waals surface area contributed by atoms with Gasteiger partial charge in [-0.2, -0.15) is 0 Å². The molecule has 2 aromatic rings. The van der Waals surface area contributed by atoms with Gasteiger partial charge in [0.05, 0.1) is 40.5 Å². The number of esters is 8. The largest absolute Gasteiger partial charge is 0.465 e. The van der Waals surface area contributed by atoms with E-state index in [-0.39, 0.29) is 16.8 Å². The molecule has 3 fully saturated rings. The minimum Gasteiger partial charge on any atom is -0.465 e. The van der Waals surface area contributed by atoms with E-state index in [4.69, 9.17) is 42.6 Å². The molecule has 2 aliphatic heterocycles. The van der Waals surface area contributed by atoms with Gasteiger partial charge < -0.3 is 52.3 Å². The number of hydrogen-bond donors (Lipinski definition) is 1. The molecule has 4 aliphatic rings. The molecule has 21 nitrogen and oxygen atoms in total. The second kappa shape index (κ2) is 18.7. The highest BCUT2D eigenvalue weighted by molar-refractivity contribution is 5.91. The zero-order valence-electron chi connectivity index (χ0n) is 39.9. The molecular weight excluding hydrogens is 897 g/mol. The highest BCUT2D eigenvalue weighted by Gasteiger charge is 2.92. The molecule has 2 saturated carbocycles. The van der Waals surface area contributed by atoms with E-state index in [1.165, 1.54) is 66.9 Å². The summed E-state index contributed by atoms with van der Waals surface area (Å²) >= 11 is 0. The van der Waals surface area contributed by atoms with Crippen LogP contribution < -0.4 is 5.56 Å². The number of carbonyl (C=O) groups is 8. The van der Waals surface area contributed by atoms with Crippen molar-refractivity contribution in [1.82, 2.24) is 9.55 Å². The second-order valence-corrected chi connectivity index (χ2v) is 19.0. The van der Waals surface area contributed by atoms with E-state index in [1.54, 1.807) is 6.92 Å². The standard InChI is InChI=1S/C47H58N2O19/c1-21(2)39(54)66-37-33(62-26(8)51)31-35(63-27(9)52)47-45(11,59)36(65-41(56)24(6)23(5)32-29(14-13-17-48-32)43(58)61-19-44(31,10)68-47)34(64-42(57)28-15-16-30(53)49(12)18-28)38(67-40(55)22(3)4)46(37,47)20-60-25(7)50/h13-18,21-24,31,33-38,59H,19-20H2,1-12H3/t23-,24-,31+,33+,34-,35+,36-,37+,38-,44-,45-,46+,47-/m0/s1. The summed E-state index contributed by atoms with van der Waals surface area (Å²) in [5.74, 6) is -14.1. The summed E-state index contributed by atoms with van der Waals surface area (Å²) in [6.07, 6.45) is -10.2. The molecule has 1 spiro atoms. The van der Waals surface area contributed by atoms with Crippen LogP contribution in [0.15, 0.2) is 41.5 Å². The zero-order valence-corrected chi connectivity index (χ0v) is 39.9. The second-order valence-electron chi connectivity index (χ2n) is 19.0. The van der Waals surface area contributed by atoms with E-state index < -0.39 is 155 Å². The number of pyridine rings is 2. The molecule has 1 N–H and O–H groups in total. The minimum atomic E-state index is -2.95. The van der Waals surface area contributed by atoms with Crippen LogP contribution in [-0.2, 0) is 78.4 Å². The van der Waals surface area contributed by atoms with Crippen molar-refractivity contribution in [1.29, 1.82) is 0 Å². The lowest BCUT2D eigenvalue weighted by Gasteiger charge is -2.67. The fourth-order valence-electron chi connectivity index (χ4n) is 10.1. The Morgan fingerprint density at radius 1 is 0.809 bits per heavy atom. The smallest absolute Gasteiger partial charge is 0.340 e. The van der Waals surface area contributed by atoms with Gasteiger partial charge in [0.25, 0.3) is 0 Å². The summed E-state index contributed by atoms with van der Waals surface area (Å²) in [6.45, 7) is 12.4. The number of ether oxygens (including phenoxy) is 9. The molecule has 0 radical (unpaired) electrons. The van der Waals surface area contributed by atoms with Crippen LogP contribution in [0.2, 0.25) is 0 Å². The van der Waals surface area contributed by atoms with Gasteiger partial charge in [-0.05, 0) is 32.0 Å². The third-order valence-electron chi connectivity index (χ3n) is 13.5. The lowest BCUT2D eigenvalue weighted by Crippen LogP contribution is -2.89. The molecule has 13 atom stereocenters. The highest BCUT2D eigenvalue weighted by Crippen LogP contribution is 2.70. The number of carbonyl (C=O) groups excluding carboxylic acids is 8. The van der Waals surface area contributed by atoms with Crippen LogP contribution >= 0.6 is 0 Å². The molecule has 0 unspecified atom stereocenters. The fourth-order valence-corrected chi connectivity index (χ4v) is 10.1. The Labute approximate surface area is 391 Å². The van der Waals surface area contributed by atoms with Gasteiger partial charge in [0.15, 0.2) is 30.0 Å². The maximum atomic E-state index is 14.8. The summed E-state index contributed by atoms with van der Waals surface area (Å²) < 4.78 is 57.8. The minimum absolute atomic E-state index is 0.0719. The Hall–Kier alpha value is -6.22. The van der Waals surface area contributed by atoms with Crippen molar-refractivity contribution in [2.75, 3.05) is 13.2 Å². The van der Waals surface area contributed by atoms with Gasteiger partial charge >= 0.3 is 47.8 Å². The average molecular weight is 955 g/mol. The number of hydrogen-bond acceptors (Lipinski definition) is 20. The summed E-state index contributed by atoms with van der Waals surface area (Å²) in [4.78, 5) is 129. The summed E-state index contributed by atoms with van der Waals surface area (Å²) in [5.41, 5.74) is -11.4. The molecule has 21 heteroatoms. The fraction of sp³-hybridized carbons (Fsp3) is 0.617. The van der Waals surface area contributed by atoms with Gasteiger partial charge in [-0.1, -0.05) is 41.5 Å². The van der Waals surface area contributed by atoms with Gasteiger partial charge in [0, 0.05) is 52.2 Å². The Morgan fingerprint density at radius 2 is 1.41 bits per heavy atom. The first kappa shape index (κ1) is 51.2. The van der Waals surface area contributed by atoms with Crippen LogP contribution in [0.25, 0.3) is 0 Å². The van der Waals surface area contributed by atoms with Crippen molar-refractivity contribution in [2.24, 2.45) is 36.1 Å². The number of aliphatic hydroxyl groups is 1. The SMILES string of the molecule is CC(=O)OC[C@]12[C@H](OC(=O)C(C)C)[C@H](OC(C)=O)[C@@H]3[C@@H](OC(C)=O)[C@@]14O[C@@]3(C)COC(=O)c1cccnc1[C@@H](C)[C@H](C)C(=O)O[C@@H]([C@H](OC(=O)c1ccc(=O)n(C)c1)[C@@H]2OC(=O)C(C)C)[C@]4(C)O. The molecule has 4 bridgehead atoms. The topological polar surface area (TPSA) is 275 Å². The number of aryl methyl sites for hydroxylation is 1. The van der Waals surface area contributed by atoms with Gasteiger partial charge in [-0.3, -0.25) is 38.5 Å². The molecule has 68 heavy (non-hydrogen) atoms. The first-order chi connectivity index (χ1) is 31.7. The van der Waals surface area contributed by atoms with Crippen molar-refractivity contribution in [3.63, 3.8) is 0 Å². The molecule has 0 aromatic carbocycles. The Balaban J connectivity index is 1.84. The maximum absolute atomic E-state index is 14.8. The van der Waals surface area contributed by atoms with Crippen molar-refractivity contribution in [2.45, 2.75) is 136 Å². The Morgan fingerprint density at radius 3 is 1.97 bits per heavy atom. The van der Waals surface area contributed by atoms with Crippen molar-refractivity contribution < 1.29 is 86.1 Å². The number of rotatable bonds is 10. The predicted octanol–water partition coefficient (Wildman–Crippen LogP) is 2.30. The molecule has 6 rings (SSSR count). The van der Waals surface area contributed by atoms with Crippen LogP contribution in [-0.4, -0.2) is 129 Å². The van der Waals surface area contributed by atoms with Crippen molar-refractivity contribution >= 4 is 47.8 Å². The van der Waals surface area contributed by atoms with E-state index >= 15 is 0 Å². The lowest BCUT2D eigenvalue weighted by atomic mass is 9.45. The molecule has 0 amide bonds. The molecule has 1 saturated heterocycles. The van der Waals surface area contributed by atoms with E-state index in [9.17, 15) is 48.3 Å². The van der Waals surface area contributed by atoms with Gasteiger partial charge in [-0.15, -0.1) is 0 Å². The van der Waals surface area contributed by atoms with E-state index in [0.29, 0.717) is 0 Å². The normalized spacial score (nSPS) is 34.1. The number of fused-ring (bicyclic) bond motifs is 5. The number of aromatic nitrogens is 2. The van der Waals surface area contributed by atoms with E-state index in [0.717, 1.165) is 50.6 Å². The van der Waals surface area contributed by atoms with E-state index in [2.05, 4.69) is 4.98 Å². The number of nitrogens with zero attached hydrogens (tertiary/aromatic N) is 2. The zero-order chi connectivity index (χ0) is 50.6. The summed E-state index contributed by atoms with van der Waals surface area (Å²) in [5, 5.41) is 13.9. The van der Waals surface area contributed by atoms with Crippen molar-refractivity contribution in [3.8, 4) is 0 Å².